The lowest BCUT2D eigenvalue weighted by atomic mass is 10.0. The molecule has 0 unspecified atom stereocenters. The van der Waals surface area contributed by atoms with Crippen LogP contribution in [0.15, 0.2) is 0 Å². The van der Waals surface area contributed by atoms with E-state index in [0.29, 0.717) is 11.5 Å². The lowest BCUT2D eigenvalue weighted by molar-refractivity contribution is 0.389. The number of likely N-dealkylation sites (N-methyl/N-ethyl adjacent to an activating group) is 1. The first kappa shape index (κ1) is 11.5. The second kappa shape index (κ2) is 3.48. The number of nitrogens with two attached hydrogens (primary N) is 1. The highest BCUT2D eigenvalue weighted by molar-refractivity contribution is 5.85. The minimum atomic E-state index is 0. The fourth-order valence-corrected chi connectivity index (χ4v) is 1.94. The molecule has 11 heavy (non-hydrogen) atoms. The summed E-state index contributed by atoms with van der Waals surface area (Å²) in [6.45, 7) is 2.36. The Morgan fingerprint density at radius 1 is 1.36 bits per heavy atom. The maximum Gasteiger partial charge on any atom is 0.0237 e. The van der Waals surface area contributed by atoms with Crippen molar-refractivity contribution < 1.29 is 0 Å². The molecule has 68 valence electrons. The third-order valence-electron chi connectivity index (χ3n) is 2.77. The molecule has 0 amide bonds. The van der Waals surface area contributed by atoms with E-state index in [0.717, 1.165) is 6.54 Å². The molecule has 2 aliphatic rings. The van der Waals surface area contributed by atoms with Crippen LogP contribution in [0.1, 0.15) is 12.8 Å². The minimum absolute atomic E-state index is 0. The molecule has 0 aromatic heterocycles. The Morgan fingerprint density at radius 3 is 2.09 bits per heavy atom. The molecular weight excluding hydrogens is 183 g/mol. The van der Waals surface area contributed by atoms with Gasteiger partial charge in [0.25, 0.3) is 0 Å². The van der Waals surface area contributed by atoms with Crippen LogP contribution in [0.3, 0.4) is 0 Å². The monoisotopic (exact) mass is 198 g/mol. The molecule has 1 spiro atoms. The van der Waals surface area contributed by atoms with Gasteiger partial charge in [0.05, 0.1) is 0 Å². The normalized spacial score (nSPS) is 32.7. The molecule has 2 N–H and O–H groups in total. The summed E-state index contributed by atoms with van der Waals surface area (Å²) in [4.78, 5) is 2.34. The minimum Gasteiger partial charge on any atom is -0.326 e. The fourth-order valence-electron chi connectivity index (χ4n) is 1.94. The Labute approximate surface area is 80.3 Å². The first-order valence-corrected chi connectivity index (χ1v) is 3.67. The number of halogens is 2. The van der Waals surface area contributed by atoms with Crippen molar-refractivity contribution in [1.29, 1.82) is 0 Å². The predicted molar refractivity (Wildman–Crippen MR) is 51.6 cm³/mol. The molecule has 2 fully saturated rings. The summed E-state index contributed by atoms with van der Waals surface area (Å²) in [5, 5.41) is 0. The number of likely N-dealkylation sites (tertiary alicyclic amines) is 1. The molecule has 0 aromatic rings. The second-order valence-corrected chi connectivity index (χ2v) is 3.67. The smallest absolute Gasteiger partial charge is 0.0237 e. The fraction of sp³-hybridized carbons (Fsp3) is 1.00. The average molecular weight is 199 g/mol. The molecule has 2 rings (SSSR count). The van der Waals surface area contributed by atoms with Crippen LogP contribution in [0.4, 0.5) is 0 Å². The summed E-state index contributed by atoms with van der Waals surface area (Å²) in [5.41, 5.74) is 6.50. The van der Waals surface area contributed by atoms with Gasteiger partial charge in [-0.3, -0.25) is 0 Å². The van der Waals surface area contributed by atoms with Gasteiger partial charge in [0.2, 0.25) is 0 Å². The second-order valence-electron chi connectivity index (χ2n) is 3.67. The van der Waals surface area contributed by atoms with Gasteiger partial charge < -0.3 is 10.6 Å². The van der Waals surface area contributed by atoms with Gasteiger partial charge in [0, 0.05) is 19.1 Å². The van der Waals surface area contributed by atoms with E-state index in [4.69, 9.17) is 5.73 Å². The maximum atomic E-state index is 5.92. The Hall–Kier alpha value is 0.500. The molecule has 1 aliphatic heterocycles. The third kappa shape index (κ3) is 1.81. The van der Waals surface area contributed by atoms with Crippen molar-refractivity contribution >= 4 is 24.8 Å². The van der Waals surface area contributed by atoms with Crippen LogP contribution in [-0.4, -0.2) is 31.1 Å². The maximum absolute atomic E-state index is 5.92. The van der Waals surface area contributed by atoms with E-state index in [-0.39, 0.29) is 24.8 Å². The summed E-state index contributed by atoms with van der Waals surface area (Å²) >= 11 is 0. The quantitative estimate of drug-likeness (QED) is 0.627. The zero-order chi connectivity index (χ0) is 6.48. The van der Waals surface area contributed by atoms with Crippen molar-refractivity contribution in [3.8, 4) is 0 Å². The van der Waals surface area contributed by atoms with Crippen LogP contribution in [-0.2, 0) is 0 Å². The van der Waals surface area contributed by atoms with Crippen molar-refractivity contribution in [2.75, 3.05) is 20.1 Å². The van der Waals surface area contributed by atoms with Crippen molar-refractivity contribution in [1.82, 2.24) is 4.90 Å². The Balaban J connectivity index is 0.000000500. The van der Waals surface area contributed by atoms with Crippen LogP contribution >= 0.6 is 24.8 Å². The first-order chi connectivity index (χ1) is 4.23. The van der Waals surface area contributed by atoms with E-state index in [2.05, 4.69) is 11.9 Å². The molecule has 2 nitrogen and oxygen atoms in total. The van der Waals surface area contributed by atoms with E-state index < -0.39 is 0 Å². The van der Waals surface area contributed by atoms with Gasteiger partial charge in [-0.05, 0) is 25.3 Å². The Kier molecular flexibility index (Phi) is 3.64. The first-order valence-electron chi connectivity index (χ1n) is 3.67. The Bertz CT molecular complexity index is 136. The van der Waals surface area contributed by atoms with Crippen molar-refractivity contribution in [3.05, 3.63) is 0 Å². The largest absolute Gasteiger partial charge is 0.326 e. The van der Waals surface area contributed by atoms with E-state index in [9.17, 15) is 0 Å². The predicted octanol–water partition coefficient (Wildman–Crippen LogP) is 0.883. The number of rotatable bonds is 0. The number of nitrogens with zero attached hydrogens (tertiary/aromatic N) is 1. The highest BCUT2D eigenvalue weighted by Crippen LogP contribution is 2.51. The van der Waals surface area contributed by atoms with Crippen molar-refractivity contribution in [2.24, 2.45) is 11.1 Å². The van der Waals surface area contributed by atoms with Crippen LogP contribution in [0.25, 0.3) is 0 Å². The molecule has 0 radical (unpaired) electrons. The van der Waals surface area contributed by atoms with Crippen LogP contribution in [0.5, 0.6) is 0 Å². The van der Waals surface area contributed by atoms with Gasteiger partial charge in [-0.1, -0.05) is 0 Å². The standard InChI is InChI=1S/C7H14N2.2ClH/c1-9-4-6(8)7(5-9)2-3-7;;/h6H,2-5,8H2,1H3;2*1H/t6-;;/m0../s1. The summed E-state index contributed by atoms with van der Waals surface area (Å²) in [5.74, 6) is 0. The summed E-state index contributed by atoms with van der Waals surface area (Å²) < 4.78 is 0. The topological polar surface area (TPSA) is 29.3 Å². The lowest BCUT2D eigenvalue weighted by Crippen LogP contribution is -2.30. The van der Waals surface area contributed by atoms with Gasteiger partial charge >= 0.3 is 0 Å². The molecule has 4 heteroatoms. The zero-order valence-electron chi connectivity index (χ0n) is 6.75. The number of hydrogen-bond donors (Lipinski definition) is 1. The zero-order valence-corrected chi connectivity index (χ0v) is 8.38. The molecule has 0 aromatic carbocycles. The highest BCUT2D eigenvalue weighted by atomic mass is 35.5. The molecule has 1 saturated carbocycles. The van der Waals surface area contributed by atoms with Crippen molar-refractivity contribution in [3.63, 3.8) is 0 Å². The molecular formula is C7H16Cl2N2. The van der Waals surface area contributed by atoms with Gasteiger partial charge in [-0.2, -0.15) is 0 Å². The molecule has 1 aliphatic carbocycles. The van der Waals surface area contributed by atoms with Gasteiger partial charge in [-0.15, -0.1) is 24.8 Å². The van der Waals surface area contributed by atoms with Gasteiger partial charge in [0.1, 0.15) is 0 Å². The summed E-state index contributed by atoms with van der Waals surface area (Å²) in [7, 11) is 2.16. The van der Waals surface area contributed by atoms with E-state index in [1.54, 1.807) is 0 Å². The molecule has 0 bridgehead atoms. The molecule has 1 saturated heterocycles. The summed E-state index contributed by atoms with van der Waals surface area (Å²) in [6, 6.07) is 0.475. The number of hydrogen-bond acceptors (Lipinski definition) is 2. The highest BCUT2D eigenvalue weighted by Gasteiger charge is 2.52. The van der Waals surface area contributed by atoms with E-state index in [1.165, 1.54) is 19.4 Å². The van der Waals surface area contributed by atoms with Gasteiger partial charge in [0.15, 0.2) is 0 Å². The summed E-state index contributed by atoms with van der Waals surface area (Å²) in [6.07, 6.45) is 2.75. The molecule has 1 atom stereocenters. The van der Waals surface area contributed by atoms with E-state index in [1.807, 2.05) is 0 Å². The van der Waals surface area contributed by atoms with Gasteiger partial charge in [-0.25, -0.2) is 0 Å². The van der Waals surface area contributed by atoms with Crippen molar-refractivity contribution in [2.45, 2.75) is 18.9 Å². The lowest BCUT2D eigenvalue weighted by Gasteiger charge is -2.08. The average Bonchev–Trinajstić information content (AvgIpc) is 2.42. The van der Waals surface area contributed by atoms with Crippen LogP contribution in [0, 0.1) is 5.41 Å². The van der Waals surface area contributed by atoms with Crippen LogP contribution in [0.2, 0.25) is 0 Å². The third-order valence-corrected chi connectivity index (χ3v) is 2.77. The van der Waals surface area contributed by atoms with E-state index >= 15 is 0 Å². The van der Waals surface area contributed by atoms with Crippen LogP contribution < -0.4 is 5.73 Å². The Morgan fingerprint density at radius 2 is 1.91 bits per heavy atom. The SMILES string of the molecule is CN1C[C@H](N)C2(CC2)C1.Cl.Cl. The molecule has 1 heterocycles.